The Morgan fingerprint density at radius 1 is 1.11 bits per heavy atom. The molecule has 0 heterocycles. The lowest BCUT2D eigenvalue weighted by Gasteiger charge is -2.22. The van der Waals surface area contributed by atoms with Gasteiger partial charge in [-0.15, -0.1) is 0 Å². The molecule has 0 saturated carbocycles. The molecule has 0 N–H and O–H groups in total. The van der Waals surface area contributed by atoms with Crippen LogP contribution in [0.15, 0.2) is 48.5 Å². The molecule has 3 heteroatoms. The summed E-state index contributed by atoms with van der Waals surface area (Å²) in [5, 5.41) is 0. The van der Waals surface area contributed by atoms with Crippen LogP contribution in [-0.4, -0.2) is 12.8 Å². The van der Waals surface area contributed by atoms with Crippen LogP contribution in [0.4, 0.5) is 10.1 Å². The molecule has 2 rings (SSSR count). The molecule has 0 fully saturated rings. The van der Waals surface area contributed by atoms with E-state index in [2.05, 4.69) is 0 Å². The van der Waals surface area contributed by atoms with E-state index in [1.165, 1.54) is 13.0 Å². The molecular weight excluding hydrogens is 241 g/mol. The predicted octanol–water partition coefficient (Wildman–Crippen LogP) is 3.66. The van der Waals surface area contributed by atoms with Gasteiger partial charge in [0.2, 0.25) is 0 Å². The summed E-state index contributed by atoms with van der Waals surface area (Å²) in [6, 6.07) is 14.0. The third-order valence-corrected chi connectivity index (χ3v) is 3.06. The van der Waals surface area contributed by atoms with E-state index in [1.54, 1.807) is 18.2 Å². The number of hydrogen-bond donors (Lipinski definition) is 0. The second-order valence-corrected chi connectivity index (χ2v) is 4.52. The standard InChI is InChI=1S/C16H16FNO/c1-12(19)14-8-4-6-10-16(14)18(2)11-13-7-3-5-9-15(13)17/h3-10H,11H2,1-2H3. The highest BCUT2D eigenvalue weighted by molar-refractivity contribution is 5.99. The van der Waals surface area contributed by atoms with Gasteiger partial charge >= 0.3 is 0 Å². The van der Waals surface area contributed by atoms with Crippen LogP contribution in [0.5, 0.6) is 0 Å². The Morgan fingerprint density at radius 2 is 1.74 bits per heavy atom. The molecule has 2 aromatic rings. The fraction of sp³-hybridized carbons (Fsp3) is 0.188. The maximum Gasteiger partial charge on any atom is 0.161 e. The Balaban J connectivity index is 2.28. The number of para-hydroxylation sites is 1. The molecule has 0 radical (unpaired) electrons. The summed E-state index contributed by atoms with van der Waals surface area (Å²) in [6.45, 7) is 1.97. The lowest BCUT2D eigenvalue weighted by molar-refractivity contribution is 0.101. The third kappa shape index (κ3) is 2.99. The number of carbonyl (C=O) groups excluding carboxylic acids is 1. The number of benzene rings is 2. The monoisotopic (exact) mass is 257 g/mol. The molecule has 98 valence electrons. The number of Topliss-reactive ketones (excluding diaryl/α,β-unsaturated/α-hetero) is 1. The van der Waals surface area contributed by atoms with Crippen LogP contribution in [0.1, 0.15) is 22.8 Å². The molecule has 0 bridgehead atoms. The van der Waals surface area contributed by atoms with Gasteiger partial charge in [0.05, 0.1) is 0 Å². The highest BCUT2D eigenvalue weighted by Crippen LogP contribution is 2.22. The lowest BCUT2D eigenvalue weighted by Crippen LogP contribution is -2.19. The SMILES string of the molecule is CC(=O)c1ccccc1N(C)Cc1ccccc1F. The van der Waals surface area contributed by atoms with Crippen LogP contribution in [0, 0.1) is 5.82 Å². The molecule has 2 aromatic carbocycles. The summed E-state index contributed by atoms with van der Waals surface area (Å²) in [6.07, 6.45) is 0. The molecule has 0 amide bonds. The van der Waals surface area contributed by atoms with E-state index >= 15 is 0 Å². The normalized spacial score (nSPS) is 10.3. The van der Waals surface area contributed by atoms with Crippen molar-refractivity contribution in [2.24, 2.45) is 0 Å². The Labute approximate surface area is 112 Å². The summed E-state index contributed by atoms with van der Waals surface area (Å²) in [7, 11) is 1.86. The zero-order chi connectivity index (χ0) is 13.8. The number of hydrogen-bond acceptors (Lipinski definition) is 2. The van der Waals surface area contributed by atoms with Crippen molar-refractivity contribution in [3.63, 3.8) is 0 Å². The van der Waals surface area contributed by atoms with Gasteiger partial charge in [0.15, 0.2) is 5.78 Å². The summed E-state index contributed by atoms with van der Waals surface area (Å²) >= 11 is 0. The second-order valence-electron chi connectivity index (χ2n) is 4.52. The second kappa shape index (κ2) is 5.65. The van der Waals surface area contributed by atoms with Gasteiger partial charge in [0, 0.05) is 30.4 Å². The Bertz CT molecular complexity index is 595. The summed E-state index contributed by atoms with van der Waals surface area (Å²) in [5.74, 6) is -0.217. The Kier molecular flexibility index (Phi) is 3.95. The zero-order valence-corrected chi connectivity index (χ0v) is 11.1. The first kappa shape index (κ1) is 13.3. The molecule has 0 spiro atoms. The summed E-state index contributed by atoms with van der Waals surface area (Å²) in [4.78, 5) is 13.5. The Hall–Kier alpha value is -2.16. The van der Waals surface area contributed by atoms with Crippen molar-refractivity contribution in [2.75, 3.05) is 11.9 Å². The smallest absolute Gasteiger partial charge is 0.161 e. The van der Waals surface area contributed by atoms with Gasteiger partial charge in [-0.05, 0) is 25.1 Å². The molecule has 2 nitrogen and oxygen atoms in total. The first-order valence-electron chi connectivity index (χ1n) is 6.14. The minimum Gasteiger partial charge on any atom is -0.370 e. The van der Waals surface area contributed by atoms with E-state index < -0.39 is 0 Å². The quantitative estimate of drug-likeness (QED) is 0.779. The van der Waals surface area contributed by atoms with Crippen molar-refractivity contribution in [3.8, 4) is 0 Å². The highest BCUT2D eigenvalue weighted by atomic mass is 19.1. The number of nitrogens with zero attached hydrogens (tertiary/aromatic N) is 1. The fourth-order valence-corrected chi connectivity index (χ4v) is 2.07. The van der Waals surface area contributed by atoms with Crippen molar-refractivity contribution < 1.29 is 9.18 Å². The van der Waals surface area contributed by atoms with Crippen molar-refractivity contribution in [2.45, 2.75) is 13.5 Å². The summed E-state index contributed by atoms with van der Waals surface area (Å²) in [5.41, 5.74) is 2.09. The molecule has 0 atom stereocenters. The molecule has 0 unspecified atom stereocenters. The van der Waals surface area contributed by atoms with Crippen molar-refractivity contribution in [1.82, 2.24) is 0 Å². The van der Waals surface area contributed by atoms with Gasteiger partial charge in [-0.1, -0.05) is 30.3 Å². The number of halogens is 1. The average Bonchev–Trinajstić information content (AvgIpc) is 2.41. The zero-order valence-electron chi connectivity index (χ0n) is 11.1. The molecular formula is C16H16FNO. The van der Waals surface area contributed by atoms with Crippen molar-refractivity contribution in [3.05, 3.63) is 65.5 Å². The topological polar surface area (TPSA) is 20.3 Å². The van der Waals surface area contributed by atoms with Gasteiger partial charge in [-0.2, -0.15) is 0 Å². The van der Waals surface area contributed by atoms with Gasteiger partial charge in [0.25, 0.3) is 0 Å². The van der Waals surface area contributed by atoms with E-state index in [0.29, 0.717) is 17.7 Å². The fourth-order valence-electron chi connectivity index (χ4n) is 2.07. The molecule has 19 heavy (non-hydrogen) atoms. The molecule has 0 aliphatic heterocycles. The van der Waals surface area contributed by atoms with E-state index in [1.807, 2.05) is 36.2 Å². The highest BCUT2D eigenvalue weighted by Gasteiger charge is 2.12. The van der Waals surface area contributed by atoms with E-state index in [4.69, 9.17) is 0 Å². The number of ketones is 1. The van der Waals surface area contributed by atoms with E-state index in [9.17, 15) is 9.18 Å². The first-order valence-corrected chi connectivity index (χ1v) is 6.14. The maximum atomic E-state index is 13.6. The van der Waals surface area contributed by atoms with Crippen molar-refractivity contribution in [1.29, 1.82) is 0 Å². The molecule has 0 aromatic heterocycles. The van der Waals surface area contributed by atoms with Gasteiger partial charge in [0.1, 0.15) is 5.82 Å². The Morgan fingerprint density at radius 3 is 2.42 bits per heavy atom. The largest absolute Gasteiger partial charge is 0.370 e. The number of carbonyl (C=O) groups is 1. The van der Waals surface area contributed by atoms with Crippen molar-refractivity contribution >= 4 is 11.5 Å². The van der Waals surface area contributed by atoms with Crippen LogP contribution in [0.3, 0.4) is 0 Å². The summed E-state index contributed by atoms with van der Waals surface area (Å²) < 4.78 is 13.6. The first-order chi connectivity index (χ1) is 9.09. The third-order valence-electron chi connectivity index (χ3n) is 3.06. The molecule has 0 aliphatic carbocycles. The van der Waals surface area contributed by atoms with Crippen LogP contribution in [-0.2, 0) is 6.54 Å². The minimum atomic E-state index is -0.227. The average molecular weight is 257 g/mol. The van der Waals surface area contributed by atoms with Gasteiger partial charge < -0.3 is 4.90 Å². The lowest BCUT2D eigenvalue weighted by atomic mass is 10.1. The maximum absolute atomic E-state index is 13.6. The predicted molar refractivity (Wildman–Crippen MR) is 75.0 cm³/mol. The van der Waals surface area contributed by atoms with Crippen LogP contribution in [0.25, 0.3) is 0 Å². The number of rotatable bonds is 4. The minimum absolute atomic E-state index is 0.0102. The van der Waals surface area contributed by atoms with Gasteiger partial charge in [-0.3, -0.25) is 4.79 Å². The van der Waals surface area contributed by atoms with Gasteiger partial charge in [-0.25, -0.2) is 4.39 Å². The van der Waals surface area contributed by atoms with Crippen LogP contribution >= 0.6 is 0 Å². The molecule has 0 aliphatic rings. The van der Waals surface area contributed by atoms with Crippen LogP contribution < -0.4 is 4.90 Å². The van der Waals surface area contributed by atoms with E-state index in [0.717, 1.165) is 5.69 Å². The van der Waals surface area contributed by atoms with Crippen LogP contribution in [0.2, 0.25) is 0 Å². The molecule has 0 saturated heterocycles. The number of anilines is 1. The van der Waals surface area contributed by atoms with E-state index in [-0.39, 0.29) is 11.6 Å².